The van der Waals surface area contributed by atoms with Gasteiger partial charge in [-0.25, -0.2) is 0 Å². The van der Waals surface area contributed by atoms with Crippen molar-refractivity contribution in [2.45, 2.75) is 0 Å². The van der Waals surface area contributed by atoms with Crippen LogP contribution < -0.4 is 4.74 Å². The summed E-state index contributed by atoms with van der Waals surface area (Å²) >= 11 is 0. The summed E-state index contributed by atoms with van der Waals surface area (Å²) in [7, 11) is 1.51. The molecule has 0 fully saturated rings. The quantitative estimate of drug-likeness (QED) is 0.509. The number of rotatable bonds is 4. The molecule has 0 aliphatic rings. The Morgan fingerprint density at radius 2 is 1.85 bits per heavy atom. The number of phenolic OH excluding ortho intramolecular Hbond substituents is 2. The lowest BCUT2D eigenvalue weighted by Gasteiger charge is -2.04. The summed E-state index contributed by atoms with van der Waals surface area (Å²) in [5.74, 6) is -0.110. The fourth-order valence-corrected chi connectivity index (χ4v) is 1.75. The van der Waals surface area contributed by atoms with Crippen molar-refractivity contribution < 1.29 is 19.7 Å². The minimum absolute atomic E-state index is 0.196. The highest BCUT2D eigenvalue weighted by atomic mass is 16.5. The maximum Gasteiger partial charge on any atom is 0.189 e. The first-order chi connectivity index (χ1) is 9.61. The Balaban J connectivity index is 2.22. The van der Waals surface area contributed by atoms with E-state index in [1.54, 1.807) is 36.4 Å². The van der Waals surface area contributed by atoms with E-state index in [2.05, 4.69) is 0 Å². The molecule has 20 heavy (non-hydrogen) atoms. The number of allylic oxidation sites excluding steroid dienone is 1. The van der Waals surface area contributed by atoms with Gasteiger partial charge in [-0.3, -0.25) is 4.79 Å². The summed E-state index contributed by atoms with van der Waals surface area (Å²) in [5, 5.41) is 18.6. The number of para-hydroxylation sites is 1. The number of aromatic hydroxyl groups is 2. The van der Waals surface area contributed by atoms with E-state index in [-0.39, 0.29) is 17.3 Å². The maximum atomic E-state index is 12.1. The number of ether oxygens (including phenoxy) is 1. The van der Waals surface area contributed by atoms with E-state index < -0.39 is 0 Å². The third-order valence-corrected chi connectivity index (χ3v) is 2.80. The Kier molecular flexibility index (Phi) is 4.05. The molecule has 0 radical (unpaired) electrons. The predicted octanol–water partition coefficient (Wildman–Crippen LogP) is 3.00. The van der Waals surface area contributed by atoms with Crippen LogP contribution in [0.4, 0.5) is 0 Å². The Labute approximate surface area is 116 Å². The third-order valence-electron chi connectivity index (χ3n) is 2.80. The van der Waals surface area contributed by atoms with Crippen LogP contribution in [0.3, 0.4) is 0 Å². The zero-order chi connectivity index (χ0) is 14.5. The smallest absolute Gasteiger partial charge is 0.189 e. The normalized spacial score (nSPS) is 10.7. The average molecular weight is 270 g/mol. The molecular formula is C16H14O4. The molecule has 0 atom stereocenters. The fourth-order valence-electron chi connectivity index (χ4n) is 1.75. The van der Waals surface area contributed by atoms with E-state index in [9.17, 15) is 15.0 Å². The van der Waals surface area contributed by atoms with Crippen LogP contribution in [0, 0.1) is 0 Å². The molecule has 0 aliphatic carbocycles. The number of hydrogen-bond donors (Lipinski definition) is 2. The number of carbonyl (C=O) groups is 1. The van der Waals surface area contributed by atoms with Crippen LogP contribution in [0.15, 0.2) is 48.5 Å². The van der Waals surface area contributed by atoms with Crippen LogP contribution >= 0.6 is 0 Å². The predicted molar refractivity (Wildman–Crippen MR) is 76.1 cm³/mol. The van der Waals surface area contributed by atoms with Crippen molar-refractivity contribution in [2.75, 3.05) is 7.11 Å². The maximum absolute atomic E-state index is 12.1. The summed E-state index contributed by atoms with van der Waals surface area (Å²) in [4.78, 5) is 12.1. The molecule has 0 bridgehead atoms. The van der Waals surface area contributed by atoms with Gasteiger partial charge in [-0.05, 0) is 35.9 Å². The molecule has 2 aromatic rings. The second-order valence-corrected chi connectivity index (χ2v) is 4.15. The van der Waals surface area contributed by atoms with Crippen molar-refractivity contribution >= 4 is 11.9 Å². The van der Waals surface area contributed by atoms with E-state index in [4.69, 9.17) is 4.74 Å². The molecule has 102 valence electrons. The van der Waals surface area contributed by atoms with Crippen molar-refractivity contribution in [3.8, 4) is 17.2 Å². The summed E-state index contributed by atoms with van der Waals surface area (Å²) in [6, 6.07) is 11.3. The number of ketones is 1. The van der Waals surface area contributed by atoms with Gasteiger partial charge in [-0.15, -0.1) is 0 Å². The fraction of sp³-hybridized carbons (Fsp3) is 0.0625. The van der Waals surface area contributed by atoms with Crippen LogP contribution in [-0.2, 0) is 0 Å². The molecule has 0 unspecified atom stereocenters. The largest absolute Gasteiger partial charge is 0.504 e. The zero-order valence-electron chi connectivity index (χ0n) is 10.9. The summed E-state index contributed by atoms with van der Waals surface area (Å²) < 4.78 is 5.13. The standard InChI is InChI=1S/C16H14O4/c1-20-16-5-3-2-4-12(16)13(17)8-6-11-7-9-14(18)15(19)10-11/h2-10,18-19H,1H3/b8-6+. The van der Waals surface area contributed by atoms with Gasteiger partial charge >= 0.3 is 0 Å². The zero-order valence-corrected chi connectivity index (χ0v) is 10.9. The lowest BCUT2D eigenvalue weighted by Crippen LogP contribution is -1.98. The number of carbonyl (C=O) groups excluding carboxylic acids is 1. The highest BCUT2D eigenvalue weighted by Crippen LogP contribution is 2.25. The molecule has 4 nitrogen and oxygen atoms in total. The molecule has 0 aromatic heterocycles. The number of hydrogen-bond acceptors (Lipinski definition) is 4. The molecule has 0 amide bonds. The topological polar surface area (TPSA) is 66.8 Å². The molecule has 0 heterocycles. The van der Waals surface area contributed by atoms with Crippen LogP contribution in [0.1, 0.15) is 15.9 Å². The van der Waals surface area contributed by atoms with Crippen molar-refractivity contribution in [1.82, 2.24) is 0 Å². The first kappa shape index (κ1) is 13.7. The second-order valence-electron chi connectivity index (χ2n) is 4.15. The third kappa shape index (κ3) is 2.98. The number of phenols is 2. The molecule has 4 heteroatoms. The minimum atomic E-state index is -0.225. The number of methoxy groups -OCH3 is 1. The van der Waals surface area contributed by atoms with Crippen LogP contribution in [-0.4, -0.2) is 23.1 Å². The van der Waals surface area contributed by atoms with E-state index in [1.807, 2.05) is 0 Å². The molecule has 0 saturated heterocycles. The van der Waals surface area contributed by atoms with Crippen molar-refractivity contribution in [1.29, 1.82) is 0 Å². The molecule has 0 saturated carbocycles. The monoisotopic (exact) mass is 270 g/mol. The van der Waals surface area contributed by atoms with Crippen molar-refractivity contribution in [3.63, 3.8) is 0 Å². The van der Waals surface area contributed by atoms with E-state index in [1.165, 1.54) is 25.3 Å². The molecule has 2 rings (SSSR count). The van der Waals surface area contributed by atoms with Crippen LogP contribution in [0.2, 0.25) is 0 Å². The van der Waals surface area contributed by atoms with Gasteiger partial charge in [0.15, 0.2) is 17.3 Å². The Bertz CT molecular complexity index is 659. The number of benzene rings is 2. The summed E-state index contributed by atoms with van der Waals surface area (Å²) in [5.41, 5.74) is 1.08. The van der Waals surface area contributed by atoms with Crippen LogP contribution in [0.25, 0.3) is 6.08 Å². The van der Waals surface area contributed by atoms with Gasteiger partial charge in [0.05, 0.1) is 12.7 Å². The van der Waals surface area contributed by atoms with Gasteiger partial charge in [0.1, 0.15) is 5.75 Å². The molecule has 0 spiro atoms. The van der Waals surface area contributed by atoms with Crippen molar-refractivity contribution in [3.05, 3.63) is 59.7 Å². The van der Waals surface area contributed by atoms with Gasteiger partial charge in [-0.2, -0.15) is 0 Å². The van der Waals surface area contributed by atoms with E-state index in [0.29, 0.717) is 16.9 Å². The lowest BCUT2D eigenvalue weighted by atomic mass is 10.1. The van der Waals surface area contributed by atoms with Gasteiger partial charge in [0.25, 0.3) is 0 Å². The molecule has 2 aromatic carbocycles. The Morgan fingerprint density at radius 3 is 2.55 bits per heavy atom. The van der Waals surface area contributed by atoms with E-state index in [0.717, 1.165) is 0 Å². The molecule has 0 aliphatic heterocycles. The SMILES string of the molecule is COc1ccccc1C(=O)/C=C/c1ccc(O)c(O)c1. The lowest BCUT2D eigenvalue weighted by molar-refractivity contribution is 0.104. The Morgan fingerprint density at radius 1 is 1.10 bits per heavy atom. The minimum Gasteiger partial charge on any atom is -0.504 e. The Hall–Kier alpha value is -2.75. The highest BCUT2D eigenvalue weighted by molar-refractivity contribution is 6.08. The first-order valence-electron chi connectivity index (χ1n) is 5.99. The summed E-state index contributed by atoms with van der Waals surface area (Å²) in [6.07, 6.45) is 2.96. The van der Waals surface area contributed by atoms with Gasteiger partial charge in [0, 0.05) is 0 Å². The first-order valence-corrected chi connectivity index (χ1v) is 5.99. The highest BCUT2D eigenvalue weighted by Gasteiger charge is 2.08. The van der Waals surface area contributed by atoms with Gasteiger partial charge in [-0.1, -0.05) is 24.3 Å². The second kappa shape index (κ2) is 5.93. The van der Waals surface area contributed by atoms with Gasteiger partial charge in [0.2, 0.25) is 0 Å². The average Bonchev–Trinajstić information content (AvgIpc) is 2.48. The van der Waals surface area contributed by atoms with Gasteiger partial charge < -0.3 is 14.9 Å². The van der Waals surface area contributed by atoms with E-state index >= 15 is 0 Å². The summed E-state index contributed by atoms with van der Waals surface area (Å²) in [6.45, 7) is 0. The van der Waals surface area contributed by atoms with Crippen LogP contribution in [0.5, 0.6) is 17.2 Å². The molecular weight excluding hydrogens is 256 g/mol. The molecule has 2 N–H and O–H groups in total. The van der Waals surface area contributed by atoms with Crippen molar-refractivity contribution in [2.24, 2.45) is 0 Å².